The van der Waals surface area contributed by atoms with Gasteiger partial charge in [-0.1, -0.05) is 0 Å². The lowest BCUT2D eigenvalue weighted by molar-refractivity contribution is 0.277. The number of methoxy groups -OCH3 is 1. The fraction of sp³-hybridized carbons (Fsp3) is 0.176. The van der Waals surface area contributed by atoms with Crippen LogP contribution in [0.15, 0.2) is 36.7 Å². The van der Waals surface area contributed by atoms with Crippen LogP contribution in [-0.2, 0) is 13.7 Å². The van der Waals surface area contributed by atoms with Gasteiger partial charge in [-0.3, -0.25) is 0 Å². The summed E-state index contributed by atoms with van der Waals surface area (Å²) >= 11 is 0. The maximum atomic E-state index is 9.19. The molecule has 0 aliphatic rings. The van der Waals surface area contributed by atoms with Gasteiger partial charge < -0.3 is 19.4 Å². The maximum Gasteiger partial charge on any atom is 0.156 e. The van der Waals surface area contributed by atoms with E-state index in [1.807, 2.05) is 31.3 Å². The molecule has 4 aromatic rings. The van der Waals surface area contributed by atoms with Crippen molar-refractivity contribution < 1.29 is 9.84 Å². The molecule has 6 nitrogen and oxygen atoms in total. The number of aliphatic hydroxyl groups excluding tert-OH is 1. The van der Waals surface area contributed by atoms with E-state index < -0.39 is 0 Å². The second-order valence-electron chi connectivity index (χ2n) is 5.47. The van der Waals surface area contributed by atoms with E-state index in [1.165, 1.54) is 0 Å². The zero-order chi connectivity index (χ0) is 16.0. The number of nitrogens with zero attached hydrogens (tertiary/aromatic N) is 3. The number of hydrogen-bond donors (Lipinski definition) is 2. The van der Waals surface area contributed by atoms with Crippen LogP contribution in [0.2, 0.25) is 0 Å². The van der Waals surface area contributed by atoms with Crippen molar-refractivity contribution in [3.05, 3.63) is 42.4 Å². The van der Waals surface area contributed by atoms with Crippen LogP contribution < -0.4 is 4.74 Å². The van der Waals surface area contributed by atoms with Crippen LogP contribution >= 0.6 is 0 Å². The smallest absolute Gasteiger partial charge is 0.156 e. The summed E-state index contributed by atoms with van der Waals surface area (Å²) in [5.74, 6) is 0.819. The van der Waals surface area contributed by atoms with Crippen LogP contribution in [0.4, 0.5) is 0 Å². The lowest BCUT2D eigenvalue weighted by Crippen LogP contribution is -1.90. The zero-order valence-corrected chi connectivity index (χ0v) is 12.9. The number of hydrogen-bond acceptors (Lipinski definition) is 4. The minimum atomic E-state index is -0.116. The molecule has 116 valence electrons. The number of fused-ring (bicyclic) bond motifs is 2. The molecule has 0 bridgehead atoms. The highest BCUT2D eigenvalue weighted by Gasteiger charge is 2.13. The molecule has 0 saturated heterocycles. The number of aromatic amines is 1. The van der Waals surface area contributed by atoms with E-state index in [0.717, 1.165) is 33.4 Å². The first-order chi connectivity index (χ1) is 11.2. The normalized spacial score (nSPS) is 11.4. The molecule has 0 radical (unpaired) electrons. The standard InChI is InChI=1S/C17H16N4O2/c1-21-8-13(12-5-11(23-2)3-4-16(12)21)14-6-15-17(20-14)18-7-10(9-22)19-15/h3-8,22H,9H2,1-2H3,(H,18,20). The molecule has 0 aliphatic carbocycles. The maximum absolute atomic E-state index is 9.19. The zero-order valence-electron chi connectivity index (χ0n) is 12.9. The van der Waals surface area contributed by atoms with Crippen LogP contribution in [0, 0.1) is 0 Å². The van der Waals surface area contributed by atoms with Crippen molar-refractivity contribution in [3.8, 4) is 17.0 Å². The van der Waals surface area contributed by atoms with Crippen molar-refractivity contribution in [2.45, 2.75) is 6.61 Å². The molecule has 0 aliphatic heterocycles. The fourth-order valence-corrected chi connectivity index (χ4v) is 2.87. The number of H-pyrrole nitrogens is 1. The van der Waals surface area contributed by atoms with E-state index >= 15 is 0 Å². The molecule has 0 amide bonds. The van der Waals surface area contributed by atoms with Gasteiger partial charge in [-0.05, 0) is 24.3 Å². The summed E-state index contributed by atoms with van der Waals surface area (Å²) < 4.78 is 7.42. The van der Waals surface area contributed by atoms with E-state index in [9.17, 15) is 5.11 Å². The van der Waals surface area contributed by atoms with Gasteiger partial charge in [0, 0.05) is 29.7 Å². The molecule has 0 fully saturated rings. The number of benzene rings is 1. The molecule has 23 heavy (non-hydrogen) atoms. The van der Waals surface area contributed by atoms with Crippen LogP contribution in [0.1, 0.15) is 5.69 Å². The Hall–Kier alpha value is -2.86. The molecule has 0 spiro atoms. The largest absolute Gasteiger partial charge is 0.497 e. The Morgan fingerprint density at radius 1 is 1.30 bits per heavy atom. The van der Waals surface area contributed by atoms with Crippen LogP contribution in [0.25, 0.3) is 33.3 Å². The fourth-order valence-electron chi connectivity index (χ4n) is 2.87. The quantitative estimate of drug-likeness (QED) is 0.610. The lowest BCUT2D eigenvalue weighted by atomic mass is 10.1. The minimum Gasteiger partial charge on any atom is -0.497 e. The highest BCUT2D eigenvalue weighted by atomic mass is 16.5. The SMILES string of the molecule is COc1ccc2c(c1)c(-c1cc3nc(CO)cnc3[nH]1)cn2C. The Labute approximate surface area is 132 Å². The van der Waals surface area contributed by atoms with Crippen molar-refractivity contribution in [1.82, 2.24) is 19.5 Å². The van der Waals surface area contributed by atoms with Crippen molar-refractivity contribution in [2.75, 3.05) is 7.11 Å². The lowest BCUT2D eigenvalue weighted by Gasteiger charge is -2.01. The van der Waals surface area contributed by atoms with E-state index in [2.05, 4.69) is 25.7 Å². The van der Waals surface area contributed by atoms with Crippen LogP contribution in [0.5, 0.6) is 5.75 Å². The Bertz CT molecular complexity index is 1020. The molecule has 3 heterocycles. The van der Waals surface area contributed by atoms with Gasteiger partial charge >= 0.3 is 0 Å². The average molecular weight is 308 g/mol. The van der Waals surface area contributed by atoms with Gasteiger partial charge in [-0.15, -0.1) is 0 Å². The van der Waals surface area contributed by atoms with Gasteiger partial charge in [0.2, 0.25) is 0 Å². The van der Waals surface area contributed by atoms with Crippen molar-refractivity contribution in [3.63, 3.8) is 0 Å². The van der Waals surface area contributed by atoms with E-state index in [1.54, 1.807) is 13.3 Å². The van der Waals surface area contributed by atoms with Crippen LogP contribution in [0.3, 0.4) is 0 Å². The number of nitrogens with one attached hydrogen (secondary N) is 1. The van der Waals surface area contributed by atoms with Crippen LogP contribution in [-0.4, -0.2) is 31.7 Å². The Balaban J connectivity index is 1.94. The third-order valence-corrected chi connectivity index (χ3v) is 4.03. The summed E-state index contributed by atoms with van der Waals surface area (Å²) in [6.45, 7) is -0.116. The highest BCUT2D eigenvalue weighted by Crippen LogP contribution is 2.33. The van der Waals surface area contributed by atoms with Crippen molar-refractivity contribution in [1.29, 1.82) is 0 Å². The first kappa shape index (κ1) is 13.8. The third-order valence-electron chi connectivity index (χ3n) is 4.03. The van der Waals surface area contributed by atoms with Gasteiger partial charge in [-0.2, -0.15) is 0 Å². The molecule has 2 N–H and O–H groups in total. The highest BCUT2D eigenvalue weighted by molar-refractivity contribution is 5.98. The topological polar surface area (TPSA) is 76.0 Å². The van der Waals surface area contributed by atoms with Crippen molar-refractivity contribution in [2.24, 2.45) is 7.05 Å². The number of rotatable bonds is 3. The predicted octanol–water partition coefficient (Wildman–Crippen LogP) is 2.62. The second-order valence-corrected chi connectivity index (χ2v) is 5.47. The van der Waals surface area contributed by atoms with E-state index in [0.29, 0.717) is 11.3 Å². The summed E-state index contributed by atoms with van der Waals surface area (Å²) in [5, 5.41) is 10.3. The molecule has 1 aromatic carbocycles. The number of ether oxygens (including phenoxy) is 1. The summed E-state index contributed by atoms with van der Waals surface area (Å²) in [6, 6.07) is 7.97. The predicted molar refractivity (Wildman–Crippen MR) is 88.3 cm³/mol. The Morgan fingerprint density at radius 3 is 2.96 bits per heavy atom. The molecule has 0 unspecified atom stereocenters. The molecule has 4 rings (SSSR count). The summed E-state index contributed by atoms with van der Waals surface area (Å²) in [5.41, 5.74) is 5.13. The first-order valence-electron chi connectivity index (χ1n) is 7.28. The summed E-state index contributed by atoms with van der Waals surface area (Å²) in [6.07, 6.45) is 3.65. The molecule has 3 aromatic heterocycles. The number of aromatic nitrogens is 4. The second kappa shape index (κ2) is 5.10. The summed E-state index contributed by atoms with van der Waals surface area (Å²) in [7, 11) is 3.68. The monoisotopic (exact) mass is 308 g/mol. The third kappa shape index (κ3) is 2.15. The van der Waals surface area contributed by atoms with E-state index in [4.69, 9.17) is 4.74 Å². The average Bonchev–Trinajstić information content (AvgIpc) is 3.14. The molecule has 0 atom stereocenters. The molecule has 0 saturated carbocycles. The van der Waals surface area contributed by atoms with Gasteiger partial charge in [0.15, 0.2) is 5.65 Å². The van der Waals surface area contributed by atoms with Gasteiger partial charge in [0.05, 0.1) is 31.3 Å². The molecule has 6 heteroatoms. The Kier molecular flexibility index (Phi) is 3.06. The number of aryl methyl sites for hydroxylation is 1. The Morgan fingerprint density at radius 2 is 2.17 bits per heavy atom. The summed E-state index contributed by atoms with van der Waals surface area (Å²) in [4.78, 5) is 12.0. The first-order valence-corrected chi connectivity index (χ1v) is 7.28. The van der Waals surface area contributed by atoms with Gasteiger partial charge in [-0.25, -0.2) is 9.97 Å². The molecular weight excluding hydrogens is 292 g/mol. The van der Waals surface area contributed by atoms with E-state index in [-0.39, 0.29) is 6.61 Å². The minimum absolute atomic E-state index is 0.116. The number of aliphatic hydroxyl groups is 1. The van der Waals surface area contributed by atoms with Gasteiger partial charge in [0.1, 0.15) is 11.3 Å². The molecular formula is C17H16N4O2. The van der Waals surface area contributed by atoms with Crippen molar-refractivity contribution >= 4 is 22.1 Å². The van der Waals surface area contributed by atoms with Gasteiger partial charge in [0.25, 0.3) is 0 Å².